The average Bonchev–Trinajstić information content (AvgIpc) is 3.40. The maximum absolute atomic E-state index is 12.3. The van der Waals surface area contributed by atoms with Gasteiger partial charge in [0.15, 0.2) is 11.5 Å². The molecule has 0 aliphatic carbocycles. The van der Waals surface area contributed by atoms with E-state index >= 15 is 0 Å². The molecular formula is C25H20ClN3O3. The summed E-state index contributed by atoms with van der Waals surface area (Å²) in [6.07, 6.45) is 3.88. The molecule has 1 aromatic heterocycles. The summed E-state index contributed by atoms with van der Waals surface area (Å²) in [7, 11) is 0. The Balaban J connectivity index is 1.30. The Morgan fingerprint density at radius 2 is 1.88 bits per heavy atom. The van der Waals surface area contributed by atoms with E-state index in [1.807, 2.05) is 66.9 Å². The van der Waals surface area contributed by atoms with Gasteiger partial charge < -0.3 is 14.0 Å². The number of fused-ring (bicyclic) bond motifs is 2. The van der Waals surface area contributed by atoms with Gasteiger partial charge >= 0.3 is 0 Å². The molecule has 0 saturated carbocycles. The van der Waals surface area contributed by atoms with Crippen molar-refractivity contribution in [1.82, 2.24) is 9.99 Å². The van der Waals surface area contributed by atoms with Crippen LogP contribution in [0.3, 0.4) is 0 Å². The molecule has 0 saturated heterocycles. The number of benzene rings is 3. The fraction of sp³-hybridized carbons (Fsp3) is 0.120. The predicted molar refractivity (Wildman–Crippen MR) is 124 cm³/mol. The fourth-order valence-corrected chi connectivity index (χ4v) is 3.96. The average molecular weight is 446 g/mol. The molecule has 0 spiro atoms. The van der Waals surface area contributed by atoms with Gasteiger partial charge in [-0.2, -0.15) is 5.10 Å². The molecule has 1 aliphatic heterocycles. The maximum Gasteiger partial charge on any atom is 0.244 e. The second kappa shape index (κ2) is 8.77. The van der Waals surface area contributed by atoms with Gasteiger partial charge in [-0.1, -0.05) is 54.1 Å². The van der Waals surface area contributed by atoms with Crippen molar-refractivity contribution in [3.63, 3.8) is 0 Å². The maximum atomic E-state index is 12.3. The Hall–Kier alpha value is -3.77. The first-order valence-corrected chi connectivity index (χ1v) is 10.6. The highest BCUT2D eigenvalue weighted by molar-refractivity contribution is 6.31. The minimum atomic E-state index is -0.208. The Kier molecular flexibility index (Phi) is 5.52. The van der Waals surface area contributed by atoms with Gasteiger partial charge in [-0.15, -0.1) is 0 Å². The number of carbonyl (C=O) groups is 1. The van der Waals surface area contributed by atoms with Gasteiger partial charge in [0.1, 0.15) is 0 Å². The highest BCUT2D eigenvalue weighted by Crippen LogP contribution is 2.32. The van der Waals surface area contributed by atoms with Crippen LogP contribution in [0.1, 0.15) is 16.7 Å². The van der Waals surface area contributed by atoms with Crippen LogP contribution in [-0.4, -0.2) is 23.5 Å². The summed E-state index contributed by atoms with van der Waals surface area (Å²) in [5, 5.41) is 5.96. The normalized spacial score (nSPS) is 12.5. The van der Waals surface area contributed by atoms with E-state index in [0.29, 0.717) is 18.0 Å². The van der Waals surface area contributed by atoms with E-state index in [4.69, 9.17) is 21.1 Å². The fourth-order valence-electron chi connectivity index (χ4n) is 3.77. The lowest BCUT2D eigenvalue weighted by atomic mass is 10.1. The number of nitrogens with one attached hydrogen (secondary N) is 1. The molecule has 0 atom stereocenters. The number of ether oxygens (including phenoxy) is 2. The van der Waals surface area contributed by atoms with E-state index in [1.54, 1.807) is 6.21 Å². The highest BCUT2D eigenvalue weighted by Gasteiger charge is 2.14. The SMILES string of the molecule is O=C(Cc1ccc2c(c1)OCO2)N/N=C\c1cn(Cc2ccccc2Cl)c2ccccc12. The number of nitrogens with zero attached hydrogens (tertiary/aromatic N) is 2. The van der Waals surface area contributed by atoms with Crippen LogP contribution in [0.15, 0.2) is 78.0 Å². The van der Waals surface area contributed by atoms with Crippen molar-refractivity contribution in [1.29, 1.82) is 0 Å². The topological polar surface area (TPSA) is 64.8 Å². The van der Waals surface area contributed by atoms with E-state index < -0.39 is 0 Å². The number of amides is 1. The zero-order valence-electron chi connectivity index (χ0n) is 17.1. The Bertz CT molecular complexity index is 1330. The van der Waals surface area contributed by atoms with E-state index in [0.717, 1.165) is 32.6 Å². The first kappa shape index (κ1) is 20.2. The van der Waals surface area contributed by atoms with Crippen molar-refractivity contribution in [3.05, 3.63) is 94.6 Å². The van der Waals surface area contributed by atoms with Crippen molar-refractivity contribution in [2.24, 2.45) is 5.10 Å². The molecule has 6 nitrogen and oxygen atoms in total. The van der Waals surface area contributed by atoms with Crippen LogP contribution in [-0.2, 0) is 17.8 Å². The van der Waals surface area contributed by atoms with E-state index in [-0.39, 0.29) is 19.1 Å². The smallest absolute Gasteiger partial charge is 0.244 e. The molecule has 1 amide bonds. The number of rotatable bonds is 6. The molecule has 160 valence electrons. The first-order valence-electron chi connectivity index (χ1n) is 10.2. The minimum absolute atomic E-state index is 0.197. The molecule has 2 heterocycles. The summed E-state index contributed by atoms with van der Waals surface area (Å²) in [4.78, 5) is 12.3. The van der Waals surface area contributed by atoms with Gasteiger partial charge in [-0.05, 0) is 35.4 Å². The summed E-state index contributed by atoms with van der Waals surface area (Å²) >= 11 is 6.35. The van der Waals surface area contributed by atoms with Gasteiger partial charge in [0.25, 0.3) is 0 Å². The van der Waals surface area contributed by atoms with Crippen LogP contribution in [0.4, 0.5) is 0 Å². The third kappa shape index (κ3) is 4.18. The zero-order valence-corrected chi connectivity index (χ0v) is 17.9. The molecule has 0 bridgehead atoms. The van der Waals surface area contributed by atoms with E-state index in [2.05, 4.69) is 21.2 Å². The summed E-state index contributed by atoms with van der Waals surface area (Å²) in [6, 6.07) is 21.3. The van der Waals surface area contributed by atoms with Crippen molar-refractivity contribution in [2.45, 2.75) is 13.0 Å². The van der Waals surface area contributed by atoms with Crippen molar-refractivity contribution >= 4 is 34.6 Å². The number of hydrogen-bond acceptors (Lipinski definition) is 4. The summed E-state index contributed by atoms with van der Waals surface area (Å²) in [5.74, 6) is 1.14. The van der Waals surface area contributed by atoms with Gasteiger partial charge in [-0.3, -0.25) is 4.79 Å². The third-order valence-electron chi connectivity index (χ3n) is 5.31. The van der Waals surface area contributed by atoms with Crippen LogP contribution < -0.4 is 14.9 Å². The van der Waals surface area contributed by atoms with Crippen LogP contribution in [0.25, 0.3) is 10.9 Å². The van der Waals surface area contributed by atoms with Gasteiger partial charge in [0, 0.05) is 34.2 Å². The number of para-hydroxylation sites is 1. The van der Waals surface area contributed by atoms with Crippen LogP contribution >= 0.6 is 11.6 Å². The molecule has 32 heavy (non-hydrogen) atoms. The molecule has 1 aliphatic rings. The van der Waals surface area contributed by atoms with Crippen LogP contribution in [0.5, 0.6) is 11.5 Å². The third-order valence-corrected chi connectivity index (χ3v) is 5.68. The van der Waals surface area contributed by atoms with Crippen molar-refractivity contribution in [3.8, 4) is 11.5 Å². The molecule has 3 aromatic carbocycles. The lowest BCUT2D eigenvalue weighted by Crippen LogP contribution is -2.19. The second-order valence-corrected chi connectivity index (χ2v) is 7.89. The lowest BCUT2D eigenvalue weighted by molar-refractivity contribution is -0.120. The van der Waals surface area contributed by atoms with Crippen LogP contribution in [0, 0.1) is 0 Å². The Morgan fingerprint density at radius 1 is 1.06 bits per heavy atom. The summed E-state index contributed by atoms with van der Waals surface area (Å²) in [6.45, 7) is 0.851. The number of hydrogen-bond donors (Lipinski definition) is 1. The molecule has 0 fully saturated rings. The van der Waals surface area contributed by atoms with E-state index in [1.165, 1.54) is 0 Å². The highest BCUT2D eigenvalue weighted by atomic mass is 35.5. The van der Waals surface area contributed by atoms with E-state index in [9.17, 15) is 4.79 Å². The number of halogens is 1. The monoisotopic (exact) mass is 445 g/mol. The van der Waals surface area contributed by atoms with Crippen LogP contribution in [0.2, 0.25) is 5.02 Å². The van der Waals surface area contributed by atoms with Crippen molar-refractivity contribution < 1.29 is 14.3 Å². The Labute approximate surface area is 190 Å². The lowest BCUT2D eigenvalue weighted by Gasteiger charge is -2.07. The quantitative estimate of drug-likeness (QED) is 0.343. The molecule has 7 heteroatoms. The van der Waals surface area contributed by atoms with Gasteiger partial charge in [0.2, 0.25) is 12.7 Å². The first-order chi connectivity index (χ1) is 15.7. The summed E-state index contributed by atoms with van der Waals surface area (Å²) < 4.78 is 12.8. The number of hydrazone groups is 1. The van der Waals surface area contributed by atoms with Gasteiger partial charge in [0.05, 0.1) is 12.6 Å². The molecule has 5 rings (SSSR count). The van der Waals surface area contributed by atoms with Gasteiger partial charge in [-0.25, -0.2) is 5.43 Å². The summed E-state index contributed by atoms with van der Waals surface area (Å²) in [5.41, 5.74) is 6.46. The predicted octanol–water partition coefficient (Wildman–Crippen LogP) is 4.76. The standard InChI is InChI=1S/C25H20ClN3O3/c26-21-7-3-1-5-18(21)14-29-15-19(20-6-2-4-8-22(20)29)13-27-28-25(30)12-17-9-10-23-24(11-17)32-16-31-23/h1-11,13,15H,12,14,16H2,(H,28,30)/b27-13-. The van der Waals surface area contributed by atoms with Crippen molar-refractivity contribution in [2.75, 3.05) is 6.79 Å². The zero-order chi connectivity index (χ0) is 21.9. The molecule has 0 unspecified atom stereocenters. The second-order valence-electron chi connectivity index (χ2n) is 7.48. The molecule has 1 N–H and O–H groups in total. The molecular weight excluding hydrogens is 426 g/mol. The number of carbonyl (C=O) groups excluding carboxylic acids is 1. The molecule has 0 radical (unpaired) electrons. The largest absolute Gasteiger partial charge is 0.454 e. The molecule has 4 aromatic rings. The number of aromatic nitrogens is 1. The minimum Gasteiger partial charge on any atom is -0.454 e. The Morgan fingerprint density at radius 3 is 2.78 bits per heavy atom.